The highest BCUT2D eigenvalue weighted by Gasteiger charge is 2.28. The van der Waals surface area contributed by atoms with Crippen molar-refractivity contribution in [2.75, 3.05) is 12.0 Å². The van der Waals surface area contributed by atoms with Gasteiger partial charge in [-0.3, -0.25) is 0 Å². The van der Waals surface area contributed by atoms with Gasteiger partial charge in [0, 0.05) is 23.5 Å². The molecule has 0 bridgehead atoms. The Morgan fingerprint density at radius 3 is 2.33 bits per heavy atom. The van der Waals surface area contributed by atoms with Gasteiger partial charge in [0.05, 0.1) is 29.7 Å². The van der Waals surface area contributed by atoms with E-state index in [2.05, 4.69) is 34.1 Å². The van der Waals surface area contributed by atoms with Crippen LogP contribution in [0.15, 0.2) is 66.4 Å². The zero-order valence-electron chi connectivity index (χ0n) is 14.7. The minimum atomic E-state index is 0.660. The number of anilines is 2. The van der Waals surface area contributed by atoms with Crippen molar-refractivity contribution in [3.05, 3.63) is 72.0 Å². The highest BCUT2D eigenvalue weighted by Crippen LogP contribution is 2.47. The number of ether oxygens (including phenoxy) is 1. The van der Waals surface area contributed by atoms with E-state index in [-0.39, 0.29) is 0 Å². The first-order valence-electron chi connectivity index (χ1n) is 8.60. The molecule has 0 fully saturated rings. The molecular weight excluding hydrogens is 356 g/mol. The zero-order valence-corrected chi connectivity index (χ0v) is 15.5. The number of nitrogens with zero attached hydrogens (tertiary/aromatic N) is 4. The third-order valence-electron chi connectivity index (χ3n) is 4.65. The molecule has 0 unspecified atom stereocenters. The van der Waals surface area contributed by atoms with Crippen LogP contribution in [0.5, 0.6) is 5.75 Å². The van der Waals surface area contributed by atoms with Crippen LogP contribution in [0.4, 0.5) is 11.6 Å². The number of fused-ring (bicyclic) bond motifs is 5. The number of rotatable bonds is 3. The largest absolute Gasteiger partial charge is 0.497 e. The first kappa shape index (κ1) is 16.0. The van der Waals surface area contributed by atoms with Gasteiger partial charge >= 0.3 is 0 Å². The van der Waals surface area contributed by atoms with E-state index in [1.807, 2.05) is 42.2 Å². The van der Waals surface area contributed by atoms with Gasteiger partial charge in [0.2, 0.25) is 0 Å². The summed E-state index contributed by atoms with van der Waals surface area (Å²) < 4.78 is 5.28. The molecular formula is C21H16N4OS. The summed E-state index contributed by atoms with van der Waals surface area (Å²) in [5.74, 6) is 2.62. The van der Waals surface area contributed by atoms with E-state index in [9.17, 15) is 0 Å². The number of hydrogen-bond acceptors (Lipinski definition) is 6. The van der Waals surface area contributed by atoms with Crippen LogP contribution in [0.2, 0.25) is 0 Å². The van der Waals surface area contributed by atoms with Crippen LogP contribution in [-0.2, 0) is 6.54 Å². The molecule has 0 saturated carbocycles. The predicted octanol–water partition coefficient (Wildman–Crippen LogP) is 4.93. The second-order valence-electron chi connectivity index (χ2n) is 6.21. The molecule has 4 heterocycles. The lowest BCUT2D eigenvalue weighted by Gasteiger charge is -2.24. The first-order valence-corrected chi connectivity index (χ1v) is 9.48. The van der Waals surface area contributed by atoms with Crippen molar-refractivity contribution in [1.29, 1.82) is 0 Å². The maximum Gasteiger partial charge on any atom is 0.143 e. The fourth-order valence-electron chi connectivity index (χ4n) is 3.38. The molecule has 0 saturated heterocycles. The Labute approximate surface area is 160 Å². The van der Waals surface area contributed by atoms with Gasteiger partial charge in [0.15, 0.2) is 0 Å². The Morgan fingerprint density at radius 2 is 1.59 bits per heavy atom. The number of hydrogen-bond donors (Lipinski definition) is 0. The molecule has 0 spiro atoms. The van der Waals surface area contributed by atoms with E-state index in [4.69, 9.17) is 14.7 Å². The summed E-state index contributed by atoms with van der Waals surface area (Å²) in [4.78, 5) is 17.3. The number of thiazole rings is 1. The van der Waals surface area contributed by atoms with Crippen LogP contribution in [-0.4, -0.2) is 22.1 Å². The van der Waals surface area contributed by atoms with Gasteiger partial charge in [0.1, 0.15) is 17.4 Å². The minimum Gasteiger partial charge on any atom is -0.497 e. The summed E-state index contributed by atoms with van der Waals surface area (Å²) in [6, 6.07) is 16.2. The van der Waals surface area contributed by atoms with Gasteiger partial charge in [0.25, 0.3) is 0 Å². The first-order chi connectivity index (χ1) is 13.3. The molecule has 5 rings (SSSR count). The van der Waals surface area contributed by atoms with Crippen LogP contribution in [0.1, 0.15) is 5.56 Å². The predicted molar refractivity (Wildman–Crippen MR) is 107 cm³/mol. The van der Waals surface area contributed by atoms with Crippen LogP contribution in [0, 0.1) is 0 Å². The summed E-state index contributed by atoms with van der Waals surface area (Å²) in [6.45, 7) is 0.660. The molecule has 0 atom stereocenters. The van der Waals surface area contributed by atoms with Crippen LogP contribution in [0.3, 0.4) is 0 Å². The van der Waals surface area contributed by atoms with Crippen molar-refractivity contribution in [3.8, 4) is 27.4 Å². The molecule has 0 N–H and O–H groups in total. The highest BCUT2D eigenvalue weighted by molar-refractivity contribution is 7.13. The second kappa shape index (κ2) is 6.48. The summed E-state index contributed by atoms with van der Waals surface area (Å²) in [7, 11) is 1.68. The minimum absolute atomic E-state index is 0.660. The second-order valence-corrected chi connectivity index (χ2v) is 7.07. The van der Waals surface area contributed by atoms with Crippen molar-refractivity contribution >= 4 is 23.0 Å². The van der Waals surface area contributed by atoms with E-state index < -0.39 is 0 Å². The van der Waals surface area contributed by atoms with Crippen LogP contribution >= 0.6 is 11.3 Å². The van der Waals surface area contributed by atoms with Gasteiger partial charge < -0.3 is 9.64 Å². The summed E-state index contributed by atoms with van der Waals surface area (Å²) in [5, 5.41) is 0. The van der Waals surface area contributed by atoms with E-state index in [1.54, 1.807) is 18.4 Å². The van der Waals surface area contributed by atoms with E-state index in [1.165, 1.54) is 0 Å². The van der Waals surface area contributed by atoms with Crippen molar-refractivity contribution in [3.63, 3.8) is 0 Å². The molecule has 1 aromatic carbocycles. The molecule has 27 heavy (non-hydrogen) atoms. The monoisotopic (exact) mass is 372 g/mol. The van der Waals surface area contributed by atoms with Gasteiger partial charge in [-0.2, -0.15) is 0 Å². The van der Waals surface area contributed by atoms with E-state index in [0.717, 1.165) is 44.6 Å². The van der Waals surface area contributed by atoms with Gasteiger partial charge in [-0.05, 0) is 42.0 Å². The lowest BCUT2D eigenvalue weighted by molar-refractivity contribution is 0.414. The van der Waals surface area contributed by atoms with Crippen molar-refractivity contribution in [2.24, 2.45) is 0 Å². The number of aromatic nitrogens is 3. The molecule has 6 heteroatoms. The smallest absolute Gasteiger partial charge is 0.143 e. The van der Waals surface area contributed by atoms with Gasteiger partial charge in [-0.1, -0.05) is 12.1 Å². The highest BCUT2D eigenvalue weighted by atomic mass is 32.1. The quantitative estimate of drug-likeness (QED) is 0.510. The lowest BCUT2D eigenvalue weighted by Crippen LogP contribution is -2.19. The van der Waals surface area contributed by atoms with Crippen molar-refractivity contribution in [1.82, 2.24) is 15.0 Å². The summed E-state index contributed by atoms with van der Waals surface area (Å²) in [5.41, 5.74) is 6.12. The maximum absolute atomic E-state index is 5.28. The number of benzene rings is 1. The van der Waals surface area contributed by atoms with Gasteiger partial charge in [-0.15, -0.1) is 11.3 Å². The van der Waals surface area contributed by atoms with Gasteiger partial charge in [-0.25, -0.2) is 15.0 Å². The molecule has 3 aromatic heterocycles. The third kappa shape index (κ3) is 2.65. The molecule has 1 aliphatic rings. The van der Waals surface area contributed by atoms with Crippen molar-refractivity contribution in [2.45, 2.75) is 6.54 Å². The number of pyridine rings is 2. The molecule has 1 aliphatic heterocycles. The molecule has 132 valence electrons. The third-order valence-corrected chi connectivity index (χ3v) is 5.51. The fourth-order valence-corrected chi connectivity index (χ4v) is 4.20. The summed E-state index contributed by atoms with van der Waals surface area (Å²) >= 11 is 1.64. The summed E-state index contributed by atoms with van der Waals surface area (Å²) in [6.07, 6.45) is 3.65. The SMILES string of the molecule is COc1ccc(CN2c3ncccc3-c3ncsc3-c3cccnc32)cc1. The Hall–Kier alpha value is -3.25. The van der Waals surface area contributed by atoms with Crippen LogP contribution < -0.4 is 9.64 Å². The average Bonchev–Trinajstić information content (AvgIpc) is 3.18. The fraction of sp³-hybridized carbons (Fsp3) is 0.0952. The standard InChI is InChI=1S/C21H16N4OS/c1-26-15-8-6-14(7-9-15)12-25-20-16(4-2-10-22-20)18-19(27-13-24-18)17-5-3-11-23-21(17)25/h2-11,13H,12H2,1H3. The van der Waals surface area contributed by atoms with E-state index >= 15 is 0 Å². The zero-order chi connectivity index (χ0) is 18.2. The van der Waals surface area contributed by atoms with E-state index in [0.29, 0.717) is 6.54 Å². The van der Waals surface area contributed by atoms with Crippen molar-refractivity contribution < 1.29 is 4.74 Å². The maximum atomic E-state index is 5.28. The normalized spacial score (nSPS) is 12.0. The Bertz CT molecular complexity index is 1050. The Balaban J connectivity index is 1.69. The molecule has 0 radical (unpaired) electrons. The number of methoxy groups -OCH3 is 1. The van der Waals surface area contributed by atoms with Crippen LogP contribution in [0.25, 0.3) is 21.7 Å². The Morgan fingerprint density at radius 1 is 0.889 bits per heavy atom. The average molecular weight is 372 g/mol. The molecule has 4 aromatic rings. The topological polar surface area (TPSA) is 51.1 Å². The molecule has 5 nitrogen and oxygen atoms in total. The molecule has 0 aliphatic carbocycles. The Kier molecular flexibility index (Phi) is 3.83. The lowest BCUT2D eigenvalue weighted by atomic mass is 10.1. The molecule has 0 amide bonds.